The van der Waals surface area contributed by atoms with Crippen LogP contribution in [0.15, 0.2) is 12.3 Å². The third-order valence-corrected chi connectivity index (χ3v) is 1.45. The normalized spacial score (nSPS) is 10.7. The molecular formula is C7H9F2N3. The first-order chi connectivity index (χ1) is 5.65. The van der Waals surface area contributed by atoms with E-state index in [1.807, 2.05) is 0 Å². The molecule has 0 unspecified atom stereocenters. The second kappa shape index (κ2) is 3.44. The van der Waals surface area contributed by atoms with Crippen molar-refractivity contribution in [1.82, 2.24) is 4.98 Å². The molecule has 0 aliphatic heterocycles. The highest BCUT2D eigenvalue weighted by molar-refractivity contribution is 5.40. The fourth-order valence-electron chi connectivity index (χ4n) is 0.887. The Morgan fingerprint density at radius 2 is 2.17 bits per heavy atom. The molecular weight excluding hydrogens is 164 g/mol. The van der Waals surface area contributed by atoms with E-state index in [4.69, 9.17) is 11.5 Å². The Bertz CT molecular complexity index is 275. The molecule has 0 fully saturated rings. The van der Waals surface area contributed by atoms with E-state index in [2.05, 4.69) is 4.98 Å². The van der Waals surface area contributed by atoms with E-state index in [0.29, 0.717) is 0 Å². The summed E-state index contributed by atoms with van der Waals surface area (Å²) in [5, 5.41) is 0. The predicted molar refractivity (Wildman–Crippen MR) is 41.5 cm³/mol. The Labute approximate surface area is 68.4 Å². The van der Waals surface area contributed by atoms with Gasteiger partial charge in [0.25, 0.3) is 6.43 Å². The summed E-state index contributed by atoms with van der Waals surface area (Å²) >= 11 is 0. The van der Waals surface area contributed by atoms with E-state index in [9.17, 15) is 8.78 Å². The number of halogens is 2. The molecule has 1 aromatic heterocycles. The molecule has 3 nitrogen and oxygen atoms in total. The molecule has 0 aliphatic carbocycles. The molecule has 4 N–H and O–H groups in total. The summed E-state index contributed by atoms with van der Waals surface area (Å²) in [4.78, 5) is 3.69. The molecule has 0 amide bonds. The van der Waals surface area contributed by atoms with Gasteiger partial charge in [0.05, 0.1) is 17.6 Å². The second-order valence-corrected chi connectivity index (χ2v) is 2.31. The zero-order chi connectivity index (χ0) is 9.14. The largest absolute Gasteiger partial charge is 0.397 e. The highest BCUT2D eigenvalue weighted by atomic mass is 19.3. The van der Waals surface area contributed by atoms with Crippen LogP contribution in [0.4, 0.5) is 14.5 Å². The lowest BCUT2D eigenvalue weighted by atomic mass is 10.2. The number of nitrogens with zero attached hydrogens (tertiary/aromatic N) is 1. The first kappa shape index (κ1) is 8.86. The summed E-state index contributed by atoms with van der Waals surface area (Å²) in [6.07, 6.45) is -1.26. The summed E-state index contributed by atoms with van der Waals surface area (Å²) in [7, 11) is 0. The van der Waals surface area contributed by atoms with Crippen LogP contribution >= 0.6 is 0 Å². The Hall–Kier alpha value is -1.23. The van der Waals surface area contributed by atoms with Gasteiger partial charge in [-0.3, -0.25) is 4.98 Å². The highest BCUT2D eigenvalue weighted by Crippen LogP contribution is 2.22. The molecule has 0 aromatic carbocycles. The van der Waals surface area contributed by atoms with Crippen LogP contribution in [-0.2, 0) is 6.54 Å². The predicted octanol–water partition coefficient (Wildman–Crippen LogP) is 1.06. The fraction of sp³-hybridized carbons (Fsp3) is 0.286. The average molecular weight is 173 g/mol. The van der Waals surface area contributed by atoms with Gasteiger partial charge in [-0.15, -0.1) is 0 Å². The maximum atomic E-state index is 12.2. The van der Waals surface area contributed by atoms with Gasteiger partial charge < -0.3 is 11.5 Å². The minimum atomic E-state index is -2.57. The molecule has 1 rings (SSSR count). The molecule has 1 aromatic rings. The number of rotatable bonds is 2. The average Bonchev–Trinajstić information content (AvgIpc) is 2.04. The second-order valence-electron chi connectivity index (χ2n) is 2.31. The smallest absolute Gasteiger partial charge is 0.265 e. The van der Waals surface area contributed by atoms with Gasteiger partial charge in [-0.25, -0.2) is 8.78 Å². The van der Waals surface area contributed by atoms with E-state index in [-0.39, 0.29) is 23.5 Å². The SMILES string of the molecule is NCc1ncc(N)cc1C(F)F. The van der Waals surface area contributed by atoms with E-state index in [1.165, 1.54) is 12.3 Å². The summed E-state index contributed by atoms with van der Waals surface area (Å²) < 4.78 is 24.5. The highest BCUT2D eigenvalue weighted by Gasteiger charge is 2.12. The Morgan fingerprint density at radius 3 is 2.67 bits per heavy atom. The van der Waals surface area contributed by atoms with Crippen LogP contribution in [0.5, 0.6) is 0 Å². The van der Waals surface area contributed by atoms with Gasteiger partial charge in [-0.2, -0.15) is 0 Å². The fourth-order valence-corrected chi connectivity index (χ4v) is 0.887. The minimum Gasteiger partial charge on any atom is -0.397 e. The van der Waals surface area contributed by atoms with E-state index < -0.39 is 6.43 Å². The molecule has 1 heterocycles. The van der Waals surface area contributed by atoms with Crippen LogP contribution in [0.2, 0.25) is 0 Å². The number of hydrogen-bond acceptors (Lipinski definition) is 3. The van der Waals surface area contributed by atoms with Crippen molar-refractivity contribution < 1.29 is 8.78 Å². The Balaban J connectivity index is 3.12. The van der Waals surface area contributed by atoms with Crippen molar-refractivity contribution in [2.45, 2.75) is 13.0 Å². The molecule has 0 aliphatic rings. The zero-order valence-electron chi connectivity index (χ0n) is 6.30. The van der Waals surface area contributed by atoms with Crippen LogP contribution in [0, 0.1) is 0 Å². The number of pyridine rings is 1. The van der Waals surface area contributed by atoms with E-state index in [0.717, 1.165) is 0 Å². The lowest BCUT2D eigenvalue weighted by molar-refractivity contribution is 0.149. The number of alkyl halides is 2. The summed E-state index contributed by atoms with van der Waals surface area (Å²) in [6.45, 7) is -0.0000463. The first-order valence-electron chi connectivity index (χ1n) is 3.37. The number of nitrogen functional groups attached to an aromatic ring is 1. The molecule has 12 heavy (non-hydrogen) atoms. The van der Waals surface area contributed by atoms with Crippen molar-refractivity contribution in [3.8, 4) is 0 Å². The maximum absolute atomic E-state index is 12.2. The van der Waals surface area contributed by atoms with Crippen molar-refractivity contribution >= 4 is 5.69 Å². The van der Waals surface area contributed by atoms with Crippen LogP contribution in [-0.4, -0.2) is 4.98 Å². The van der Waals surface area contributed by atoms with Crippen molar-refractivity contribution in [2.24, 2.45) is 5.73 Å². The molecule has 0 saturated heterocycles. The molecule has 0 atom stereocenters. The Morgan fingerprint density at radius 1 is 1.50 bits per heavy atom. The molecule has 0 bridgehead atoms. The molecule has 5 heteroatoms. The van der Waals surface area contributed by atoms with Crippen LogP contribution in [0.3, 0.4) is 0 Å². The maximum Gasteiger partial charge on any atom is 0.265 e. The van der Waals surface area contributed by atoms with Crippen molar-refractivity contribution in [2.75, 3.05) is 5.73 Å². The van der Waals surface area contributed by atoms with E-state index >= 15 is 0 Å². The first-order valence-corrected chi connectivity index (χ1v) is 3.37. The van der Waals surface area contributed by atoms with Gasteiger partial charge in [0.2, 0.25) is 0 Å². The van der Waals surface area contributed by atoms with Gasteiger partial charge in [-0.1, -0.05) is 0 Å². The lowest BCUT2D eigenvalue weighted by Gasteiger charge is -2.05. The molecule has 0 radical (unpaired) electrons. The third kappa shape index (κ3) is 1.68. The van der Waals surface area contributed by atoms with Gasteiger partial charge in [0.1, 0.15) is 0 Å². The van der Waals surface area contributed by atoms with Crippen LogP contribution in [0.1, 0.15) is 17.7 Å². The van der Waals surface area contributed by atoms with Crippen molar-refractivity contribution in [1.29, 1.82) is 0 Å². The van der Waals surface area contributed by atoms with Crippen molar-refractivity contribution in [3.63, 3.8) is 0 Å². The van der Waals surface area contributed by atoms with E-state index in [1.54, 1.807) is 0 Å². The topological polar surface area (TPSA) is 64.9 Å². The molecule has 0 saturated carbocycles. The molecule has 0 spiro atoms. The number of aromatic nitrogens is 1. The summed E-state index contributed by atoms with van der Waals surface area (Å²) in [6, 6.07) is 1.19. The van der Waals surface area contributed by atoms with Crippen LogP contribution < -0.4 is 11.5 Å². The lowest BCUT2D eigenvalue weighted by Crippen LogP contribution is -2.05. The number of hydrogen-bond donors (Lipinski definition) is 2. The standard InChI is InChI=1S/C7H9F2N3/c8-7(9)5-1-4(11)3-12-6(5)2-10/h1,3,7H,2,10-11H2. The zero-order valence-corrected chi connectivity index (χ0v) is 6.30. The van der Waals surface area contributed by atoms with Crippen LogP contribution in [0.25, 0.3) is 0 Å². The summed E-state index contributed by atoms with van der Waals surface area (Å²) in [5.41, 5.74) is 10.7. The van der Waals surface area contributed by atoms with Gasteiger partial charge in [0.15, 0.2) is 0 Å². The number of nitrogens with two attached hydrogens (primary N) is 2. The van der Waals surface area contributed by atoms with Gasteiger partial charge in [0, 0.05) is 12.1 Å². The quantitative estimate of drug-likeness (QED) is 0.702. The third-order valence-electron chi connectivity index (χ3n) is 1.45. The summed E-state index contributed by atoms with van der Waals surface area (Å²) in [5.74, 6) is 0. The van der Waals surface area contributed by atoms with Gasteiger partial charge >= 0.3 is 0 Å². The molecule has 66 valence electrons. The minimum absolute atomic E-state index is 0.0000463. The van der Waals surface area contributed by atoms with Crippen molar-refractivity contribution in [3.05, 3.63) is 23.5 Å². The Kier molecular flexibility index (Phi) is 2.54. The monoisotopic (exact) mass is 173 g/mol. The van der Waals surface area contributed by atoms with Gasteiger partial charge in [-0.05, 0) is 6.07 Å². The number of anilines is 1.